The van der Waals surface area contributed by atoms with Crippen LogP contribution in [0.5, 0.6) is 5.75 Å². The van der Waals surface area contributed by atoms with Crippen LogP contribution in [0.2, 0.25) is 0 Å². The van der Waals surface area contributed by atoms with E-state index in [2.05, 4.69) is 9.62 Å². The van der Waals surface area contributed by atoms with Crippen molar-refractivity contribution in [3.05, 3.63) is 47.5 Å². The molecule has 2 aromatic rings. The molecule has 0 radical (unpaired) electrons. The zero-order valence-electron chi connectivity index (χ0n) is 16.0. The molecule has 1 aliphatic rings. The van der Waals surface area contributed by atoms with E-state index >= 15 is 0 Å². The van der Waals surface area contributed by atoms with Crippen LogP contribution < -0.4 is 14.4 Å². The fourth-order valence-electron chi connectivity index (χ4n) is 3.35. The van der Waals surface area contributed by atoms with E-state index in [0.29, 0.717) is 18.0 Å². The van der Waals surface area contributed by atoms with Crippen molar-refractivity contribution >= 4 is 21.4 Å². The summed E-state index contributed by atoms with van der Waals surface area (Å²) >= 11 is 0. The summed E-state index contributed by atoms with van der Waals surface area (Å²) < 4.78 is 39.0. The average molecular weight is 391 g/mol. The predicted molar refractivity (Wildman–Crippen MR) is 107 cm³/mol. The second-order valence-electron chi connectivity index (χ2n) is 6.69. The SMILES string of the molecule is COCCN1CCCc2ccc(NS(=O)(=O)c3cc(C)ccc3OC)cc21. The van der Waals surface area contributed by atoms with Crippen LogP contribution in [0.15, 0.2) is 41.3 Å². The van der Waals surface area contributed by atoms with Gasteiger partial charge in [-0.2, -0.15) is 0 Å². The lowest BCUT2D eigenvalue weighted by Gasteiger charge is -2.31. The summed E-state index contributed by atoms with van der Waals surface area (Å²) in [4.78, 5) is 2.38. The van der Waals surface area contributed by atoms with Gasteiger partial charge in [0.05, 0.1) is 19.4 Å². The Hall–Kier alpha value is -2.25. The number of aryl methyl sites for hydroxylation is 2. The molecule has 1 heterocycles. The molecule has 0 unspecified atom stereocenters. The molecule has 1 aliphatic heterocycles. The van der Waals surface area contributed by atoms with Gasteiger partial charge in [0.1, 0.15) is 10.6 Å². The maximum atomic E-state index is 12.9. The van der Waals surface area contributed by atoms with Crippen molar-refractivity contribution < 1.29 is 17.9 Å². The lowest BCUT2D eigenvalue weighted by atomic mass is 10.0. The molecule has 0 spiro atoms. The smallest absolute Gasteiger partial charge is 0.265 e. The van der Waals surface area contributed by atoms with E-state index in [4.69, 9.17) is 9.47 Å². The number of fused-ring (bicyclic) bond motifs is 1. The van der Waals surface area contributed by atoms with Crippen LogP contribution in [0.1, 0.15) is 17.5 Å². The second kappa shape index (κ2) is 8.19. The molecular weight excluding hydrogens is 364 g/mol. The first-order chi connectivity index (χ1) is 12.9. The van der Waals surface area contributed by atoms with E-state index in [1.807, 2.05) is 31.2 Å². The molecule has 27 heavy (non-hydrogen) atoms. The molecule has 1 N–H and O–H groups in total. The van der Waals surface area contributed by atoms with Gasteiger partial charge in [-0.15, -0.1) is 0 Å². The largest absolute Gasteiger partial charge is 0.495 e. The fraction of sp³-hybridized carbons (Fsp3) is 0.400. The fourth-order valence-corrected chi connectivity index (χ4v) is 4.66. The van der Waals surface area contributed by atoms with Gasteiger partial charge in [-0.3, -0.25) is 4.72 Å². The number of rotatable bonds is 7. The first kappa shape index (κ1) is 19.5. The van der Waals surface area contributed by atoms with Crippen molar-refractivity contribution in [1.29, 1.82) is 0 Å². The minimum absolute atomic E-state index is 0.138. The number of hydrogen-bond acceptors (Lipinski definition) is 5. The zero-order valence-corrected chi connectivity index (χ0v) is 16.8. The van der Waals surface area contributed by atoms with Crippen LogP contribution in [0.25, 0.3) is 0 Å². The lowest BCUT2D eigenvalue weighted by molar-refractivity contribution is 0.205. The molecule has 3 rings (SSSR count). The predicted octanol–water partition coefficient (Wildman–Crippen LogP) is 3.20. The number of sulfonamides is 1. The van der Waals surface area contributed by atoms with Crippen molar-refractivity contribution in [2.24, 2.45) is 0 Å². The maximum absolute atomic E-state index is 12.9. The number of methoxy groups -OCH3 is 2. The van der Waals surface area contributed by atoms with Crippen molar-refractivity contribution in [1.82, 2.24) is 0 Å². The van der Waals surface area contributed by atoms with Gasteiger partial charge < -0.3 is 14.4 Å². The number of benzene rings is 2. The molecule has 0 atom stereocenters. The summed E-state index contributed by atoms with van der Waals surface area (Å²) in [5.41, 5.74) is 3.69. The quantitative estimate of drug-likeness (QED) is 0.786. The van der Waals surface area contributed by atoms with Crippen LogP contribution in [0.4, 0.5) is 11.4 Å². The molecule has 0 aromatic heterocycles. The third-order valence-corrected chi connectivity index (χ3v) is 6.13. The Kier molecular flexibility index (Phi) is 5.92. The molecule has 0 amide bonds. The molecule has 0 saturated carbocycles. The van der Waals surface area contributed by atoms with Gasteiger partial charge in [-0.1, -0.05) is 12.1 Å². The van der Waals surface area contributed by atoms with E-state index in [1.54, 1.807) is 19.2 Å². The maximum Gasteiger partial charge on any atom is 0.265 e. The van der Waals surface area contributed by atoms with Gasteiger partial charge in [0, 0.05) is 25.9 Å². The summed E-state index contributed by atoms with van der Waals surface area (Å²) in [6.45, 7) is 4.21. The van der Waals surface area contributed by atoms with Crippen LogP contribution in [0.3, 0.4) is 0 Å². The highest BCUT2D eigenvalue weighted by molar-refractivity contribution is 7.92. The lowest BCUT2D eigenvalue weighted by Crippen LogP contribution is -2.32. The summed E-state index contributed by atoms with van der Waals surface area (Å²) in [7, 11) is -0.604. The molecule has 146 valence electrons. The Morgan fingerprint density at radius 3 is 2.70 bits per heavy atom. The van der Waals surface area contributed by atoms with Gasteiger partial charge in [-0.05, 0) is 55.2 Å². The van der Waals surface area contributed by atoms with E-state index in [9.17, 15) is 8.42 Å². The Morgan fingerprint density at radius 1 is 1.15 bits per heavy atom. The topological polar surface area (TPSA) is 67.9 Å². The number of nitrogens with one attached hydrogen (secondary N) is 1. The van der Waals surface area contributed by atoms with E-state index in [1.165, 1.54) is 12.7 Å². The van der Waals surface area contributed by atoms with Gasteiger partial charge in [0.25, 0.3) is 10.0 Å². The highest BCUT2D eigenvalue weighted by atomic mass is 32.2. The third-order valence-electron chi connectivity index (χ3n) is 4.73. The van der Waals surface area contributed by atoms with Crippen LogP contribution in [-0.2, 0) is 21.2 Å². The van der Waals surface area contributed by atoms with Crippen LogP contribution in [-0.4, -0.2) is 42.3 Å². The molecule has 0 saturated heterocycles. The molecule has 2 aromatic carbocycles. The minimum Gasteiger partial charge on any atom is -0.495 e. The minimum atomic E-state index is -3.76. The van der Waals surface area contributed by atoms with Crippen molar-refractivity contribution in [3.8, 4) is 5.75 Å². The first-order valence-corrected chi connectivity index (χ1v) is 10.5. The summed E-state index contributed by atoms with van der Waals surface area (Å²) in [5, 5.41) is 0. The normalized spacial score (nSPS) is 14.0. The highest BCUT2D eigenvalue weighted by Crippen LogP contribution is 2.32. The van der Waals surface area contributed by atoms with E-state index in [-0.39, 0.29) is 4.90 Å². The van der Waals surface area contributed by atoms with Gasteiger partial charge in [0.15, 0.2) is 0 Å². The second-order valence-corrected chi connectivity index (χ2v) is 8.34. The number of ether oxygens (including phenoxy) is 2. The summed E-state index contributed by atoms with van der Waals surface area (Å²) in [6.07, 6.45) is 2.08. The van der Waals surface area contributed by atoms with Crippen LogP contribution >= 0.6 is 0 Å². The summed E-state index contributed by atoms with van der Waals surface area (Å²) in [6, 6.07) is 10.8. The average Bonchev–Trinajstić information content (AvgIpc) is 2.66. The summed E-state index contributed by atoms with van der Waals surface area (Å²) in [5.74, 6) is 0.327. The Morgan fingerprint density at radius 2 is 1.96 bits per heavy atom. The Labute approximate surface area is 161 Å². The molecule has 0 aliphatic carbocycles. The zero-order chi connectivity index (χ0) is 19.4. The molecule has 7 heteroatoms. The molecule has 6 nitrogen and oxygen atoms in total. The van der Waals surface area contributed by atoms with Crippen molar-refractivity contribution in [2.45, 2.75) is 24.7 Å². The third kappa shape index (κ3) is 4.36. The first-order valence-electron chi connectivity index (χ1n) is 8.99. The number of hydrogen-bond donors (Lipinski definition) is 1. The van der Waals surface area contributed by atoms with Crippen molar-refractivity contribution in [3.63, 3.8) is 0 Å². The standard InChI is InChI=1S/C20H26N2O4S/c1-15-6-9-19(26-3)20(13-15)27(23,24)21-17-8-7-16-5-4-10-22(11-12-25-2)18(16)14-17/h6-9,13-14,21H,4-5,10-12H2,1-3H3. The van der Waals surface area contributed by atoms with E-state index < -0.39 is 10.0 Å². The van der Waals surface area contributed by atoms with Gasteiger partial charge in [0.2, 0.25) is 0 Å². The Bertz CT molecular complexity index is 912. The molecule has 0 fully saturated rings. The number of anilines is 2. The Balaban J connectivity index is 1.91. The molecule has 0 bridgehead atoms. The molecular formula is C20H26N2O4S. The van der Waals surface area contributed by atoms with Gasteiger partial charge >= 0.3 is 0 Å². The van der Waals surface area contributed by atoms with E-state index in [0.717, 1.165) is 37.2 Å². The monoisotopic (exact) mass is 390 g/mol. The van der Waals surface area contributed by atoms with Gasteiger partial charge in [-0.25, -0.2) is 8.42 Å². The van der Waals surface area contributed by atoms with Crippen LogP contribution in [0, 0.1) is 6.92 Å². The number of nitrogens with zero attached hydrogens (tertiary/aromatic N) is 1. The van der Waals surface area contributed by atoms with Crippen molar-refractivity contribution in [2.75, 3.05) is 43.5 Å². The highest BCUT2D eigenvalue weighted by Gasteiger charge is 2.22.